The van der Waals surface area contributed by atoms with Crippen molar-refractivity contribution < 1.29 is 19.4 Å². The Kier molecular flexibility index (Phi) is 5.66. The molecule has 2 amide bonds. The molecule has 1 rings (SSSR count). The first kappa shape index (κ1) is 14.8. The SMILES string of the molecule is CCC(CNC(=O)Nc1cccc(OC)c1)C(=O)O. The molecule has 1 aromatic rings. The Morgan fingerprint density at radius 1 is 1.42 bits per heavy atom. The number of hydrogen-bond acceptors (Lipinski definition) is 3. The highest BCUT2D eigenvalue weighted by Crippen LogP contribution is 2.16. The Morgan fingerprint density at radius 3 is 2.74 bits per heavy atom. The molecule has 0 aliphatic heterocycles. The molecule has 0 aliphatic carbocycles. The molecular formula is C13H18N2O4. The second-order valence-corrected chi connectivity index (χ2v) is 4.01. The van der Waals surface area contributed by atoms with E-state index in [1.54, 1.807) is 31.2 Å². The molecule has 3 N–H and O–H groups in total. The average Bonchev–Trinajstić information content (AvgIpc) is 2.39. The van der Waals surface area contributed by atoms with E-state index in [2.05, 4.69) is 10.6 Å². The molecule has 0 aliphatic rings. The molecule has 0 radical (unpaired) electrons. The van der Waals surface area contributed by atoms with E-state index in [1.165, 1.54) is 7.11 Å². The highest BCUT2D eigenvalue weighted by Gasteiger charge is 2.15. The zero-order valence-electron chi connectivity index (χ0n) is 11.0. The van der Waals surface area contributed by atoms with E-state index in [1.807, 2.05) is 0 Å². The Labute approximate surface area is 111 Å². The maximum Gasteiger partial charge on any atom is 0.319 e. The minimum atomic E-state index is -0.913. The van der Waals surface area contributed by atoms with Gasteiger partial charge in [-0.2, -0.15) is 0 Å². The van der Waals surface area contributed by atoms with Crippen LogP contribution in [0.1, 0.15) is 13.3 Å². The van der Waals surface area contributed by atoms with Gasteiger partial charge in [-0.25, -0.2) is 4.79 Å². The van der Waals surface area contributed by atoms with Crippen molar-refractivity contribution in [2.75, 3.05) is 19.0 Å². The van der Waals surface area contributed by atoms with Crippen molar-refractivity contribution in [3.8, 4) is 5.75 Å². The minimum absolute atomic E-state index is 0.0988. The third-order valence-corrected chi connectivity index (χ3v) is 2.68. The van der Waals surface area contributed by atoms with Gasteiger partial charge in [-0.3, -0.25) is 4.79 Å². The molecule has 0 spiro atoms. The normalized spacial score (nSPS) is 11.5. The Hall–Kier alpha value is -2.24. The fraction of sp³-hybridized carbons (Fsp3) is 0.385. The van der Waals surface area contributed by atoms with Crippen molar-refractivity contribution in [3.63, 3.8) is 0 Å². The molecule has 6 heteroatoms. The minimum Gasteiger partial charge on any atom is -0.497 e. The third kappa shape index (κ3) is 4.87. The van der Waals surface area contributed by atoms with Gasteiger partial charge >= 0.3 is 12.0 Å². The molecule has 1 unspecified atom stereocenters. The summed E-state index contributed by atoms with van der Waals surface area (Å²) in [5.41, 5.74) is 0.584. The summed E-state index contributed by atoms with van der Waals surface area (Å²) in [5.74, 6) is -0.852. The lowest BCUT2D eigenvalue weighted by molar-refractivity contribution is -0.141. The number of carbonyl (C=O) groups excluding carboxylic acids is 1. The summed E-state index contributed by atoms with van der Waals surface area (Å²) in [5, 5.41) is 14.0. The molecule has 0 saturated heterocycles. The van der Waals surface area contributed by atoms with Crippen LogP contribution in [0.25, 0.3) is 0 Å². The van der Waals surface area contributed by atoms with Crippen molar-refractivity contribution in [2.45, 2.75) is 13.3 Å². The number of rotatable bonds is 6. The second kappa shape index (κ2) is 7.25. The summed E-state index contributed by atoms with van der Waals surface area (Å²) >= 11 is 0. The number of carbonyl (C=O) groups is 2. The average molecular weight is 266 g/mol. The van der Waals surface area contributed by atoms with E-state index >= 15 is 0 Å². The van der Waals surface area contributed by atoms with E-state index in [-0.39, 0.29) is 6.54 Å². The van der Waals surface area contributed by atoms with Crippen LogP contribution in [0.4, 0.5) is 10.5 Å². The monoisotopic (exact) mass is 266 g/mol. The lowest BCUT2D eigenvalue weighted by atomic mass is 10.1. The molecule has 0 aromatic heterocycles. The first-order chi connectivity index (χ1) is 9.06. The number of urea groups is 1. The van der Waals surface area contributed by atoms with E-state index in [9.17, 15) is 9.59 Å². The number of carboxylic acid groups (broad SMARTS) is 1. The smallest absolute Gasteiger partial charge is 0.319 e. The molecule has 0 fully saturated rings. The van der Waals surface area contributed by atoms with Crippen molar-refractivity contribution in [1.82, 2.24) is 5.32 Å². The maximum atomic E-state index is 11.6. The third-order valence-electron chi connectivity index (χ3n) is 2.68. The number of methoxy groups -OCH3 is 1. The summed E-state index contributed by atoms with van der Waals surface area (Å²) in [4.78, 5) is 22.4. The van der Waals surface area contributed by atoms with Crippen LogP contribution in [0, 0.1) is 5.92 Å². The summed E-state index contributed by atoms with van der Waals surface area (Å²) in [6.45, 7) is 1.86. The fourth-order valence-electron chi connectivity index (χ4n) is 1.50. The molecular weight excluding hydrogens is 248 g/mol. The zero-order chi connectivity index (χ0) is 14.3. The number of hydrogen-bond donors (Lipinski definition) is 3. The van der Waals surface area contributed by atoms with Crippen LogP contribution < -0.4 is 15.4 Å². The van der Waals surface area contributed by atoms with Crippen molar-refractivity contribution in [3.05, 3.63) is 24.3 Å². The van der Waals surface area contributed by atoms with Gasteiger partial charge in [-0.1, -0.05) is 13.0 Å². The Morgan fingerprint density at radius 2 is 2.16 bits per heavy atom. The topological polar surface area (TPSA) is 87.7 Å². The lowest BCUT2D eigenvalue weighted by Gasteiger charge is -2.12. The van der Waals surface area contributed by atoms with Crippen LogP contribution in [0.5, 0.6) is 5.75 Å². The van der Waals surface area contributed by atoms with E-state index in [4.69, 9.17) is 9.84 Å². The van der Waals surface area contributed by atoms with Gasteiger partial charge in [0.1, 0.15) is 5.75 Å². The molecule has 104 valence electrons. The first-order valence-electron chi connectivity index (χ1n) is 5.98. The molecule has 1 aromatic carbocycles. The molecule has 6 nitrogen and oxygen atoms in total. The number of anilines is 1. The molecule has 0 heterocycles. The van der Waals surface area contributed by atoms with E-state index in [0.717, 1.165) is 0 Å². The van der Waals surface area contributed by atoms with E-state index in [0.29, 0.717) is 17.9 Å². The van der Waals surface area contributed by atoms with Gasteiger partial charge in [0.05, 0.1) is 13.0 Å². The summed E-state index contributed by atoms with van der Waals surface area (Å²) in [6.07, 6.45) is 0.467. The van der Waals surface area contributed by atoms with Gasteiger partial charge in [-0.15, -0.1) is 0 Å². The van der Waals surface area contributed by atoms with Gasteiger partial charge < -0.3 is 20.5 Å². The number of aliphatic carboxylic acids is 1. The number of carboxylic acids is 1. The van der Waals surface area contributed by atoms with Crippen LogP contribution in [0.2, 0.25) is 0 Å². The zero-order valence-corrected chi connectivity index (χ0v) is 11.0. The van der Waals surface area contributed by atoms with Gasteiger partial charge in [-0.05, 0) is 18.6 Å². The number of nitrogens with one attached hydrogen (secondary N) is 2. The maximum absolute atomic E-state index is 11.6. The van der Waals surface area contributed by atoms with Crippen LogP contribution in [-0.4, -0.2) is 30.8 Å². The largest absolute Gasteiger partial charge is 0.497 e. The van der Waals surface area contributed by atoms with Crippen molar-refractivity contribution in [1.29, 1.82) is 0 Å². The van der Waals surface area contributed by atoms with Crippen LogP contribution in [0.15, 0.2) is 24.3 Å². The Bertz CT molecular complexity index is 448. The highest BCUT2D eigenvalue weighted by atomic mass is 16.5. The predicted molar refractivity (Wildman–Crippen MR) is 71.4 cm³/mol. The van der Waals surface area contributed by atoms with E-state index < -0.39 is 17.9 Å². The summed E-state index contributed by atoms with van der Waals surface area (Å²) in [7, 11) is 1.54. The molecule has 0 bridgehead atoms. The van der Waals surface area contributed by atoms with Crippen LogP contribution in [-0.2, 0) is 4.79 Å². The number of amides is 2. The first-order valence-corrected chi connectivity index (χ1v) is 5.98. The predicted octanol–water partition coefficient (Wildman–Crippen LogP) is 1.93. The highest BCUT2D eigenvalue weighted by molar-refractivity contribution is 5.89. The van der Waals surface area contributed by atoms with Gasteiger partial charge in [0, 0.05) is 18.3 Å². The van der Waals surface area contributed by atoms with Gasteiger partial charge in [0.15, 0.2) is 0 Å². The van der Waals surface area contributed by atoms with Gasteiger partial charge in [0.2, 0.25) is 0 Å². The number of ether oxygens (including phenoxy) is 1. The molecule has 19 heavy (non-hydrogen) atoms. The fourth-order valence-corrected chi connectivity index (χ4v) is 1.50. The van der Waals surface area contributed by atoms with Crippen LogP contribution >= 0.6 is 0 Å². The van der Waals surface area contributed by atoms with Gasteiger partial charge in [0.25, 0.3) is 0 Å². The van der Waals surface area contributed by atoms with Crippen molar-refractivity contribution in [2.24, 2.45) is 5.92 Å². The quantitative estimate of drug-likeness (QED) is 0.734. The Balaban J connectivity index is 2.48. The number of benzene rings is 1. The lowest BCUT2D eigenvalue weighted by Crippen LogP contribution is -2.35. The summed E-state index contributed by atoms with van der Waals surface area (Å²) in [6, 6.07) is 6.47. The van der Waals surface area contributed by atoms with Crippen molar-refractivity contribution >= 4 is 17.7 Å². The molecule has 1 atom stereocenters. The standard InChI is InChI=1S/C13H18N2O4/c1-3-9(12(16)17)8-14-13(18)15-10-5-4-6-11(7-10)19-2/h4-7,9H,3,8H2,1-2H3,(H,16,17)(H2,14,15,18). The van der Waals surface area contributed by atoms with Crippen LogP contribution in [0.3, 0.4) is 0 Å². The second-order valence-electron chi connectivity index (χ2n) is 4.01. The summed E-state index contributed by atoms with van der Waals surface area (Å²) < 4.78 is 5.03. The molecule has 0 saturated carbocycles.